The van der Waals surface area contributed by atoms with E-state index < -0.39 is 0 Å². The second-order valence-corrected chi connectivity index (χ2v) is 8.10. The van der Waals surface area contributed by atoms with E-state index in [2.05, 4.69) is 39.9 Å². The molecule has 1 unspecified atom stereocenters. The molecule has 1 heterocycles. The van der Waals surface area contributed by atoms with Gasteiger partial charge >= 0.3 is 0 Å². The average molecular weight is 416 g/mol. The highest BCUT2D eigenvalue weighted by molar-refractivity contribution is 5.81. The molecule has 7 heteroatoms. The van der Waals surface area contributed by atoms with Gasteiger partial charge in [-0.1, -0.05) is 18.6 Å². The maximum atomic E-state index is 11.8. The van der Waals surface area contributed by atoms with Crippen molar-refractivity contribution in [3.05, 3.63) is 29.8 Å². The van der Waals surface area contributed by atoms with Crippen molar-refractivity contribution in [3.63, 3.8) is 0 Å². The van der Waals surface area contributed by atoms with Gasteiger partial charge in [-0.2, -0.15) is 0 Å². The Morgan fingerprint density at radius 3 is 2.43 bits per heavy atom. The molecule has 1 atom stereocenters. The van der Waals surface area contributed by atoms with E-state index in [1.807, 2.05) is 12.1 Å². The fourth-order valence-electron chi connectivity index (χ4n) is 3.86. The van der Waals surface area contributed by atoms with Crippen molar-refractivity contribution >= 4 is 11.9 Å². The number of nitrogens with zero attached hydrogens (tertiary/aromatic N) is 2. The van der Waals surface area contributed by atoms with Crippen LogP contribution < -0.4 is 20.7 Å². The molecule has 1 saturated heterocycles. The molecule has 30 heavy (non-hydrogen) atoms. The average Bonchev–Trinajstić information content (AvgIpc) is 3.63. The Hall–Kier alpha value is -2.28. The number of guanidine groups is 1. The number of piperidine rings is 1. The molecule has 0 spiro atoms. The summed E-state index contributed by atoms with van der Waals surface area (Å²) in [4.78, 5) is 19.2. The number of rotatable bonds is 10. The number of hydrogen-bond acceptors (Lipinski definition) is 4. The van der Waals surface area contributed by atoms with Crippen molar-refractivity contribution in [2.24, 2.45) is 10.9 Å². The van der Waals surface area contributed by atoms with Crippen LogP contribution in [0, 0.1) is 5.92 Å². The van der Waals surface area contributed by atoms with Crippen molar-refractivity contribution in [2.75, 3.05) is 46.4 Å². The minimum Gasteiger partial charge on any atom is -0.497 e. The summed E-state index contributed by atoms with van der Waals surface area (Å²) in [5.74, 6) is 2.11. The Bertz CT molecular complexity index is 681. The topological polar surface area (TPSA) is 78.0 Å². The fraction of sp³-hybridized carbons (Fsp3) is 0.652. The van der Waals surface area contributed by atoms with E-state index in [1.165, 1.54) is 24.8 Å². The lowest BCUT2D eigenvalue weighted by molar-refractivity contribution is -0.122. The number of ether oxygens (including phenoxy) is 1. The minimum atomic E-state index is 0.184. The van der Waals surface area contributed by atoms with Gasteiger partial charge in [-0.3, -0.25) is 14.7 Å². The molecule has 3 rings (SSSR count). The third-order valence-corrected chi connectivity index (χ3v) is 5.76. The summed E-state index contributed by atoms with van der Waals surface area (Å²) >= 11 is 0. The van der Waals surface area contributed by atoms with E-state index in [9.17, 15) is 4.79 Å². The van der Waals surface area contributed by atoms with Crippen LogP contribution in [0.4, 0.5) is 0 Å². The Labute approximate surface area is 180 Å². The predicted molar refractivity (Wildman–Crippen MR) is 121 cm³/mol. The van der Waals surface area contributed by atoms with Gasteiger partial charge in [0, 0.05) is 25.6 Å². The smallest absolute Gasteiger partial charge is 0.223 e. The zero-order valence-corrected chi connectivity index (χ0v) is 18.5. The molecule has 1 aromatic rings. The molecule has 0 bridgehead atoms. The lowest BCUT2D eigenvalue weighted by atomic mass is 10.0. The van der Waals surface area contributed by atoms with Crippen LogP contribution in [-0.2, 0) is 4.79 Å². The summed E-state index contributed by atoms with van der Waals surface area (Å²) in [7, 11) is 1.70. The molecular formula is C23H37N5O2. The SMILES string of the molecule is CCNC(=NCC(c1ccc(OC)cc1)N1CCCCC1)NCCNC(=O)C1CC1. The van der Waals surface area contributed by atoms with Crippen LogP contribution in [0.25, 0.3) is 0 Å². The molecule has 1 aromatic carbocycles. The number of aliphatic imine (C=N–C) groups is 1. The van der Waals surface area contributed by atoms with Gasteiger partial charge in [-0.25, -0.2) is 0 Å². The second kappa shape index (κ2) is 11.8. The molecule has 2 aliphatic rings. The lowest BCUT2D eigenvalue weighted by Crippen LogP contribution is -2.42. The van der Waals surface area contributed by atoms with Crippen molar-refractivity contribution in [2.45, 2.75) is 45.1 Å². The Balaban J connectivity index is 1.60. The molecule has 166 valence electrons. The first-order valence-corrected chi connectivity index (χ1v) is 11.4. The number of amides is 1. The Morgan fingerprint density at radius 2 is 1.80 bits per heavy atom. The highest BCUT2D eigenvalue weighted by Gasteiger charge is 2.29. The number of carbonyl (C=O) groups is 1. The first-order chi connectivity index (χ1) is 14.7. The van der Waals surface area contributed by atoms with Crippen LogP contribution in [0.15, 0.2) is 29.3 Å². The van der Waals surface area contributed by atoms with Gasteiger partial charge in [0.05, 0.1) is 19.7 Å². The predicted octanol–water partition coefficient (Wildman–Crippen LogP) is 2.30. The molecule has 3 N–H and O–H groups in total. The van der Waals surface area contributed by atoms with E-state index in [1.54, 1.807) is 7.11 Å². The standard InChI is InChI=1S/C23H37N5O2/c1-3-24-23(26-14-13-25-22(29)19-7-8-19)27-17-21(28-15-5-4-6-16-28)18-9-11-20(30-2)12-10-18/h9-12,19,21H,3-8,13-17H2,1-2H3,(H,25,29)(H2,24,26,27). The maximum Gasteiger partial charge on any atom is 0.223 e. The first-order valence-electron chi connectivity index (χ1n) is 11.4. The highest BCUT2D eigenvalue weighted by atomic mass is 16.5. The second-order valence-electron chi connectivity index (χ2n) is 8.10. The summed E-state index contributed by atoms with van der Waals surface area (Å²) in [6, 6.07) is 8.62. The number of carbonyl (C=O) groups excluding carboxylic acids is 1. The third-order valence-electron chi connectivity index (χ3n) is 5.76. The molecule has 1 saturated carbocycles. The summed E-state index contributed by atoms with van der Waals surface area (Å²) in [6.07, 6.45) is 5.87. The summed E-state index contributed by atoms with van der Waals surface area (Å²) < 4.78 is 5.32. The lowest BCUT2D eigenvalue weighted by Gasteiger charge is -2.34. The monoisotopic (exact) mass is 415 g/mol. The molecule has 0 aromatic heterocycles. The van der Waals surface area contributed by atoms with E-state index >= 15 is 0 Å². The molecule has 1 aliphatic heterocycles. The van der Waals surface area contributed by atoms with Crippen LogP contribution in [0.2, 0.25) is 0 Å². The van der Waals surface area contributed by atoms with E-state index in [0.29, 0.717) is 19.6 Å². The molecule has 1 amide bonds. The Morgan fingerprint density at radius 1 is 1.10 bits per heavy atom. The molecule has 1 aliphatic carbocycles. The molecule has 7 nitrogen and oxygen atoms in total. The van der Waals surface area contributed by atoms with E-state index in [4.69, 9.17) is 9.73 Å². The van der Waals surface area contributed by atoms with E-state index in [0.717, 1.165) is 44.2 Å². The van der Waals surface area contributed by atoms with Crippen LogP contribution in [0.5, 0.6) is 5.75 Å². The number of benzene rings is 1. The van der Waals surface area contributed by atoms with Gasteiger partial charge in [-0.05, 0) is 63.4 Å². The Kier molecular flexibility index (Phi) is 8.81. The first kappa shape index (κ1) is 22.4. The van der Waals surface area contributed by atoms with Gasteiger partial charge in [0.15, 0.2) is 5.96 Å². The summed E-state index contributed by atoms with van der Waals surface area (Å²) in [5, 5.41) is 9.66. The molecule has 0 radical (unpaired) electrons. The number of methoxy groups -OCH3 is 1. The zero-order valence-electron chi connectivity index (χ0n) is 18.5. The normalized spacial score (nSPS) is 18.5. The minimum absolute atomic E-state index is 0.184. The largest absolute Gasteiger partial charge is 0.497 e. The van der Waals surface area contributed by atoms with Crippen LogP contribution in [-0.4, -0.2) is 63.1 Å². The van der Waals surface area contributed by atoms with Gasteiger partial charge in [0.2, 0.25) is 5.91 Å². The molecular weight excluding hydrogens is 378 g/mol. The van der Waals surface area contributed by atoms with Crippen LogP contribution in [0.1, 0.15) is 50.6 Å². The van der Waals surface area contributed by atoms with Crippen LogP contribution >= 0.6 is 0 Å². The summed E-state index contributed by atoms with van der Waals surface area (Å²) in [5.41, 5.74) is 1.27. The quantitative estimate of drug-likeness (QED) is 0.311. The van der Waals surface area contributed by atoms with Crippen molar-refractivity contribution in [1.82, 2.24) is 20.9 Å². The maximum absolute atomic E-state index is 11.8. The summed E-state index contributed by atoms with van der Waals surface area (Å²) in [6.45, 7) is 7.08. The number of nitrogens with one attached hydrogen (secondary N) is 3. The van der Waals surface area contributed by atoms with Gasteiger partial charge < -0.3 is 20.7 Å². The van der Waals surface area contributed by atoms with Gasteiger partial charge in [-0.15, -0.1) is 0 Å². The molecule has 2 fully saturated rings. The number of likely N-dealkylation sites (tertiary alicyclic amines) is 1. The fourth-order valence-corrected chi connectivity index (χ4v) is 3.86. The van der Waals surface area contributed by atoms with Gasteiger partial charge in [0.25, 0.3) is 0 Å². The number of hydrogen-bond donors (Lipinski definition) is 3. The third kappa shape index (κ3) is 6.90. The zero-order chi connectivity index (χ0) is 21.2. The van der Waals surface area contributed by atoms with Crippen molar-refractivity contribution < 1.29 is 9.53 Å². The van der Waals surface area contributed by atoms with Crippen molar-refractivity contribution in [1.29, 1.82) is 0 Å². The van der Waals surface area contributed by atoms with Crippen LogP contribution in [0.3, 0.4) is 0 Å². The highest BCUT2D eigenvalue weighted by Crippen LogP contribution is 2.28. The van der Waals surface area contributed by atoms with E-state index in [-0.39, 0.29) is 17.9 Å². The van der Waals surface area contributed by atoms with Gasteiger partial charge in [0.1, 0.15) is 5.75 Å². The van der Waals surface area contributed by atoms with Crippen molar-refractivity contribution in [3.8, 4) is 5.75 Å².